The number of aliphatic imine (C=N–C) groups is 1. The number of fused-ring (bicyclic) bond motifs is 1. The normalized spacial score (nSPS) is 24.5. The molecule has 8 heteroatoms. The number of thioether (sulfide) groups is 1. The van der Waals surface area contributed by atoms with Gasteiger partial charge in [0.05, 0.1) is 24.0 Å². The highest BCUT2D eigenvalue weighted by Gasteiger charge is 2.49. The molecule has 5 nitrogen and oxygen atoms in total. The maximum Gasteiger partial charge on any atom is 0.252 e. The van der Waals surface area contributed by atoms with Crippen molar-refractivity contribution in [3.63, 3.8) is 0 Å². The van der Waals surface area contributed by atoms with Gasteiger partial charge in [-0.2, -0.15) is 4.99 Å². The summed E-state index contributed by atoms with van der Waals surface area (Å²) in [5.41, 5.74) is 2.63. The molecular formula is C20H19FN2O3S2. The Morgan fingerprint density at radius 2 is 1.82 bits per heavy atom. The van der Waals surface area contributed by atoms with Gasteiger partial charge >= 0.3 is 0 Å². The highest BCUT2D eigenvalue weighted by Crippen LogP contribution is 2.41. The van der Waals surface area contributed by atoms with Crippen LogP contribution in [0, 0.1) is 12.7 Å². The van der Waals surface area contributed by atoms with Crippen molar-refractivity contribution in [3.05, 3.63) is 65.5 Å². The number of rotatable bonds is 3. The summed E-state index contributed by atoms with van der Waals surface area (Å²) in [7, 11) is -3.14. The Morgan fingerprint density at radius 3 is 2.50 bits per heavy atom. The minimum Gasteiger partial charge on any atom is -0.316 e. The van der Waals surface area contributed by atoms with E-state index in [4.69, 9.17) is 0 Å². The number of hydrogen-bond donors (Lipinski definition) is 0. The van der Waals surface area contributed by atoms with Gasteiger partial charge in [0.2, 0.25) is 0 Å². The van der Waals surface area contributed by atoms with Crippen LogP contribution in [0.15, 0.2) is 53.5 Å². The molecule has 2 aliphatic rings. The highest BCUT2D eigenvalue weighted by molar-refractivity contribution is 8.16. The number of aryl methyl sites for hydroxylation is 1. The summed E-state index contributed by atoms with van der Waals surface area (Å²) in [6, 6.07) is 13.2. The number of benzene rings is 2. The Hall–Kier alpha value is -2.19. The van der Waals surface area contributed by atoms with Crippen molar-refractivity contribution in [1.29, 1.82) is 0 Å². The lowest BCUT2D eigenvalue weighted by molar-refractivity contribution is -0.117. The summed E-state index contributed by atoms with van der Waals surface area (Å²) >= 11 is 1.31. The zero-order valence-electron chi connectivity index (χ0n) is 15.2. The summed E-state index contributed by atoms with van der Waals surface area (Å²) in [4.78, 5) is 18.6. The molecule has 0 unspecified atom stereocenters. The Kier molecular flexibility index (Phi) is 5.01. The summed E-state index contributed by atoms with van der Waals surface area (Å²) in [6.07, 6.45) is 0.176. The van der Waals surface area contributed by atoms with Crippen LogP contribution in [0.25, 0.3) is 0 Å². The predicted octanol–water partition coefficient (Wildman–Crippen LogP) is 2.98. The standard InChI is InChI=1S/C20H19FN2O3S2/c1-13-2-4-14(5-3-13)10-19(24)22-20-23(16-8-6-15(21)7-9-16)17-11-28(25,26)12-18(17)27-20/h2-9,17-18H,10-12H2,1H3/t17-,18+/m0/s1. The fraction of sp³-hybridized carbons (Fsp3) is 0.300. The van der Waals surface area contributed by atoms with E-state index in [1.807, 2.05) is 31.2 Å². The SMILES string of the molecule is Cc1ccc(CC(=O)N=C2S[C@@H]3CS(=O)(=O)C[C@@H]3N2c2ccc(F)cc2)cc1. The van der Waals surface area contributed by atoms with Crippen LogP contribution in [-0.2, 0) is 21.1 Å². The second kappa shape index (κ2) is 7.33. The molecular weight excluding hydrogens is 399 g/mol. The Morgan fingerprint density at radius 1 is 1.14 bits per heavy atom. The number of amidine groups is 1. The molecule has 0 aliphatic carbocycles. The molecule has 2 aromatic carbocycles. The van der Waals surface area contributed by atoms with Crippen molar-refractivity contribution in [1.82, 2.24) is 0 Å². The van der Waals surface area contributed by atoms with E-state index >= 15 is 0 Å². The van der Waals surface area contributed by atoms with E-state index in [2.05, 4.69) is 4.99 Å². The minimum absolute atomic E-state index is 0.00716. The van der Waals surface area contributed by atoms with Crippen LogP contribution in [0.1, 0.15) is 11.1 Å². The van der Waals surface area contributed by atoms with Crippen molar-refractivity contribution >= 4 is 38.4 Å². The first-order valence-corrected chi connectivity index (χ1v) is 11.6. The molecule has 146 valence electrons. The average Bonchev–Trinajstić information content (AvgIpc) is 3.09. The van der Waals surface area contributed by atoms with E-state index in [0.29, 0.717) is 10.9 Å². The number of carbonyl (C=O) groups excluding carboxylic acids is 1. The molecule has 0 radical (unpaired) electrons. The van der Waals surface area contributed by atoms with Gasteiger partial charge in [-0.25, -0.2) is 12.8 Å². The molecule has 1 amide bonds. The smallest absolute Gasteiger partial charge is 0.252 e. The maximum atomic E-state index is 13.3. The van der Waals surface area contributed by atoms with Crippen molar-refractivity contribution in [2.24, 2.45) is 4.99 Å². The highest BCUT2D eigenvalue weighted by atomic mass is 32.2. The fourth-order valence-corrected chi connectivity index (χ4v) is 7.43. The number of nitrogens with zero attached hydrogens (tertiary/aromatic N) is 2. The van der Waals surface area contributed by atoms with Gasteiger partial charge in [0.1, 0.15) is 5.82 Å². The molecule has 0 spiro atoms. The van der Waals surface area contributed by atoms with E-state index < -0.39 is 9.84 Å². The number of hydrogen-bond acceptors (Lipinski definition) is 4. The molecule has 2 aromatic rings. The molecule has 4 rings (SSSR count). The van der Waals surface area contributed by atoms with E-state index in [0.717, 1.165) is 11.1 Å². The zero-order valence-corrected chi connectivity index (χ0v) is 16.8. The largest absolute Gasteiger partial charge is 0.316 e. The van der Waals surface area contributed by atoms with E-state index in [1.165, 1.54) is 23.9 Å². The molecule has 0 aromatic heterocycles. The number of anilines is 1. The maximum absolute atomic E-state index is 13.3. The van der Waals surface area contributed by atoms with Gasteiger partial charge < -0.3 is 4.90 Å². The Labute approximate surface area is 167 Å². The topological polar surface area (TPSA) is 66.8 Å². The Balaban J connectivity index is 1.62. The summed E-state index contributed by atoms with van der Waals surface area (Å²) in [5, 5.41) is 0.301. The molecule has 2 saturated heterocycles. The van der Waals surface area contributed by atoms with Crippen LogP contribution in [0.5, 0.6) is 0 Å². The average molecular weight is 419 g/mol. The van der Waals surface area contributed by atoms with Crippen LogP contribution in [0.2, 0.25) is 0 Å². The number of carbonyl (C=O) groups is 1. The minimum atomic E-state index is -3.14. The second-order valence-corrected chi connectivity index (χ2v) is 10.5. The van der Waals surface area contributed by atoms with Gasteiger partial charge in [-0.3, -0.25) is 4.79 Å². The van der Waals surface area contributed by atoms with Gasteiger partial charge in [-0.15, -0.1) is 0 Å². The van der Waals surface area contributed by atoms with Crippen LogP contribution < -0.4 is 4.90 Å². The van der Waals surface area contributed by atoms with E-state index in [-0.39, 0.29) is 40.9 Å². The van der Waals surface area contributed by atoms with Crippen LogP contribution in [0.3, 0.4) is 0 Å². The zero-order chi connectivity index (χ0) is 19.9. The number of sulfone groups is 1. The van der Waals surface area contributed by atoms with Gasteiger partial charge in [0.25, 0.3) is 5.91 Å². The monoisotopic (exact) mass is 418 g/mol. The van der Waals surface area contributed by atoms with Gasteiger partial charge in [-0.05, 0) is 36.8 Å². The second-order valence-electron chi connectivity index (χ2n) is 7.10. The van der Waals surface area contributed by atoms with Crippen molar-refractivity contribution in [2.75, 3.05) is 16.4 Å². The van der Waals surface area contributed by atoms with Crippen LogP contribution in [0.4, 0.5) is 10.1 Å². The molecule has 0 N–H and O–H groups in total. The van der Waals surface area contributed by atoms with E-state index in [1.54, 1.807) is 17.0 Å². The van der Waals surface area contributed by atoms with Gasteiger partial charge in [0.15, 0.2) is 15.0 Å². The molecule has 28 heavy (non-hydrogen) atoms. The van der Waals surface area contributed by atoms with Crippen LogP contribution >= 0.6 is 11.8 Å². The quantitative estimate of drug-likeness (QED) is 0.767. The molecule has 2 fully saturated rings. The Bertz CT molecular complexity index is 1030. The fourth-order valence-electron chi connectivity index (χ4n) is 3.49. The lowest BCUT2D eigenvalue weighted by atomic mass is 10.1. The first-order chi connectivity index (χ1) is 13.3. The lowest BCUT2D eigenvalue weighted by Crippen LogP contribution is -2.37. The molecule has 2 atom stereocenters. The van der Waals surface area contributed by atoms with E-state index in [9.17, 15) is 17.6 Å². The van der Waals surface area contributed by atoms with Crippen LogP contribution in [-0.4, -0.2) is 42.3 Å². The van der Waals surface area contributed by atoms with Gasteiger partial charge in [-0.1, -0.05) is 41.6 Å². The van der Waals surface area contributed by atoms with Crippen molar-refractivity contribution in [3.8, 4) is 0 Å². The molecule has 2 heterocycles. The summed E-state index contributed by atoms with van der Waals surface area (Å²) in [5.74, 6) is -0.597. The third-order valence-electron chi connectivity index (χ3n) is 4.87. The summed E-state index contributed by atoms with van der Waals surface area (Å²) in [6.45, 7) is 1.98. The predicted molar refractivity (Wildman–Crippen MR) is 110 cm³/mol. The van der Waals surface area contributed by atoms with Gasteiger partial charge in [0, 0.05) is 10.9 Å². The lowest BCUT2D eigenvalue weighted by Gasteiger charge is -2.24. The molecule has 0 saturated carbocycles. The molecule has 0 bridgehead atoms. The van der Waals surface area contributed by atoms with Crippen molar-refractivity contribution in [2.45, 2.75) is 24.6 Å². The summed E-state index contributed by atoms with van der Waals surface area (Å²) < 4.78 is 37.5. The third-order valence-corrected chi connectivity index (χ3v) is 8.08. The first kappa shape index (κ1) is 19.1. The first-order valence-electron chi connectivity index (χ1n) is 8.90. The van der Waals surface area contributed by atoms with Crippen molar-refractivity contribution < 1.29 is 17.6 Å². The third kappa shape index (κ3) is 3.98. The number of amides is 1. The number of halogens is 1. The molecule has 2 aliphatic heterocycles.